The van der Waals surface area contributed by atoms with Gasteiger partial charge in [0.15, 0.2) is 5.04 Å². The molecule has 0 N–H and O–H groups in total. The molecule has 9 heteroatoms. The van der Waals surface area contributed by atoms with Gasteiger partial charge in [0, 0.05) is 19.4 Å². The standard InChI is InChI=1S/C12H17FN4O3S/c1-12(2)6-8(16-20-12)21(18,19)11(13)10-9(7-4-5-7)14-17(3)15-10/h7,11H,4-6H2,1-3H3. The normalized spacial score (nSPS) is 22.8. The molecule has 1 atom stereocenters. The third-order valence-electron chi connectivity index (χ3n) is 3.52. The maximum Gasteiger partial charge on any atom is 0.251 e. The molecule has 116 valence electrons. The Balaban J connectivity index is 1.93. The minimum Gasteiger partial charge on any atom is -0.389 e. The van der Waals surface area contributed by atoms with Crippen molar-refractivity contribution in [3.63, 3.8) is 0 Å². The van der Waals surface area contributed by atoms with Crippen LogP contribution in [0.15, 0.2) is 5.16 Å². The summed E-state index contributed by atoms with van der Waals surface area (Å²) in [7, 11) is -2.69. The van der Waals surface area contributed by atoms with E-state index in [0.717, 1.165) is 12.8 Å². The molecule has 1 aliphatic carbocycles. The number of aromatic nitrogens is 3. The Hall–Kier alpha value is -1.51. The predicted octanol–water partition coefficient (Wildman–Crippen LogP) is 1.59. The number of halogens is 1. The van der Waals surface area contributed by atoms with E-state index >= 15 is 0 Å². The van der Waals surface area contributed by atoms with Gasteiger partial charge in [-0.15, -0.1) is 0 Å². The van der Waals surface area contributed by atoms with Crippen LogP contribution in [0.1, 0.15) is 55.9 Å². The SMILES string of the molecule is Cn1nc(C2CC2)c(C(F)S(=O)(=O)C2=NOC(C)(C)C2)n1. The van der Waals surface area contributed by atoms with Crippen LogP contribution in [0.4, 0.5) is 4.39 Å². The van der Waals surface area contributed by atoms with Crippen molar-refractivity contribution in [2.75, 3.05) is 0 Å². The van der Waals surface area contributed by atoms with Crippen LogP contribution < -0.4 is 0 Å². The van der Waals surface area contributed by atoms with Crippen molar-refractivity contribution in [1.82, 2.24) is 15.0 Å². The Labute approximate surface area is 122 Å². The molecule has 1 aromatic heterocycles. The van der Waals surface area contributed by atoms with Crippen LogP contribution in [-0.4, -0.2) is 34.1 Å². The average Bonchev–Trinajstić information content (AvgIpc) is 3.06. The molecule has 0 bridgehead atoms. The highest BCUT2D eigenvalue weighted by Crippen LogP contribution is 2.43. The molecule has 7 nitrogen and oxygen atoms in total. The number of sulfone groups is 1. The van der Waals surface area contributed by atoms with Crippen LogP contribution in [0.5, 0.6) is 0 Å². The minimum atomic E-state index is -4.24. The highest BCUT2D eigenvalue weighted by atomic mass is 32.2. The van der Waals surface area contributed by atoms with Gasteiger partial charge in [-0.2, -0.15) is 15.0 Å². The predicted molar refractivity (Wildman–Crippen MR) is 73.0 cm³/mol. The molecule has 1 saturated carbocycles. The van der Waals surface area contributed by atoms with Crippen molar-refractivity contribution in [1.29, 1.82) is 0 Å². The Kier molecular flexibility index (Phi) is 3.09. The third kappa shape index (κ3) is 2.54. The van der Waals surface area contributed by atoms with Gasteiger partial charge in [-0.3, -0.25) is 0 Å². The molecule has 2 heterocycles. The highest BCUT2D eigenvalue weighted by Gasteiger charge is 2.44. The van der Waals surface area contributed by atoms with E-state index in [2.05, 4.69) is 15.4 Å². The lowest BCUT2D eigenvalue weighted by atomic mass is 10.1. The van der Waals surface area contributed by atoms with Gasteiger partial charge in [-0.1, -0.05) is 5.16 Å². The number of alkyl halides is 1. The Morgan fingerprint density at radius 3 is 2.57 bits per heavy atom. The van der Waals surface area contributed by atoms with Gasteiger partial charge >= 0.3 is 0 Å². The number of nitrogens with zero attached hydrogens (tertiary/aromatic N) is 4. The molecule has 0 aromatic carbocycles. The van der Waals surface area contributed by atoms with Gasteiger partial charge in [-0.25, -0.2) is 12.8 Å². The number of aryl methyl sites for hydroxylation is 1. The maximum atomic E-state index is 14.6. The number of oxime groups is 1. The van der Waals surface area contributed by atoms with Gasteiger partial charge in [0.2, 0.25) is 9.84 Å². The lowest BCUT2D eigenvalue weighted by Gasteiger charge is -2.13. The highest BCUT2D eigenvalue weighted by molar-refractivity contribution is 8.06. The molecule has 21 heavy (non-hydrogen) atoms. The smallest absolute Gasteiger partial charge is 0.251 e. The van der Waals surface area contributed by atoms with Crippen LogP contribution in [0.3, 0.4) is 0 Å². The third-order valence-corrected chi connectivity index (χ3v) is 5.16. The lowest BCUT2D eigenvalue weighted by molar-refractivity contribution is 0.0123. The molecule has 0 spiro atoms. The first-order valence-electron chi connectivity index (χ1n) is 6.75. The molecular weight excluding hydrogens is 299 g/mol. The first kappa shape index (κ1) is 14.4. The van der Waals surface area contributed by atoms with E-state index in [4.69, 9.17) is 4.84 Å². The molecule has 3 rings (SSSR count). The summed E-state index contributed by atoms with van der Waals surface area (Å²) in [5, 5.41) is 11.3. The van der Waals surface area contributed by atoms with Crippen LogP contribution in [-0.2, 0) is 21.7 Å². The molecule has 0 radical (unpaired) electrons. The zero-order valence-electron chi connectivity index (χ0n) is 12.1. The van der Waals surface area contributed by atoms with Crippen LogP contribution >= 0.6 is 0 Å². The van der Waals surface area contributed by atoms with Crippen LogP contribution in [0.2, 0.25) is 0 Å². The van der Waals surface area contributed by atoms with Gasteiger partial charge in [0.05, 0.1) is 5.69 Å². The van der Waals surface area contributed by atoms with Gasteiger partial charge in [-0.05, 0) is 26.7 Å². The Bertz CT molecular complexity index is 706. The second-order valence-corrected chi connectivity index (χ2v) is 8.08. The van der Waals surface area contributed by atoms with E-state index in [9.17, 15) is 12.8 Å². The average molecular weight is 316 g/mol. The fourth-order valence-electron chi connectivity index (χ4n) is 2.27. The summed E-state index contributed by atoms with van der Waals surface area (Å²) in [5.41, 5.74) is -2.66. The molecule has 1 aromatic rings. The van der Waals surface area contributed by atoms with Gasteiger partial charge < -0.3 is 4.84 Å². The van der Waals surface area contributed by atoms with Gasteiger partial charge in [0.1, 0.15) is 11.3 Å². The number of hydrogen-bond donors (Lipinski definition) is 0. The summed E-state index contributed by atoms with van der Waals surface area (Å²) in [4.78, 5) is 6.23. The second-order valence-electron chi connectivity index (χ2n) is 6.11. The van der Waals surface area contributed by atoms with E-state index < -0.39 is 20.9 Å². The van der Waals surface area contributed by atoms with E-state index in [1.807, 2.05) is 0 Å². The second kappa shape index (κ2) is 4.49. The van der Waals surface area contributed by atoms with E-state index in [0.29, 0.717) is 5.69 Å². The zero-order chi connectivity index (χ0) is 15.4. The van der Waals surface area contributed by atoms with Crippen molar-refractivity contribution < 1.29 is 17.6 Å². The van der Waals surface area contributed by atoms with E-state index in [1.54, 1.807) is 20.9 Å². The number of rotatable bonds is 3. The topological polar surface area (TPSA) is 86.4 Å². The molecular formula is C12H17FN4O3S. The summed E-state index contributed by atoms with van der Waals surface area (Å²) >= 11 is 0. The first-order chi connectivity index (χ1) is 9.71. The summed E-state index contributed by atoms with van der Waals surface area (Å²) in [5.74, 6) is 0.111. The van der Waals surface area contributed by atoms with Gasteiger partial charge in [0.25, 0.3) is 5.50 Å². The molecule has 0 saturated heterocycles. The van der Waals surface area contributed by atoms with Crippen molar-refractivity contribution >= 4 is 14.9 Å². The van der Waals surface area contributed by atoms with E-state index in [-0.39, 0.29) is 23.1 Å². The zero-order valence-corrected chi connectivity index (χ0v) is 12.9. The minimum absolute atomic E-state index is 0.0504. The van der Waals surface area contributed by atoms with E-state index in [1.165, 1.54) is 4.80 Å². The van der Waals surface area contributed by atoms with Crippen molar-refractivity contribution in [2.45, 2.75) is 50.1 Å². The summed E-state index contributed by atoms with van der Waals surface area (Å²) in [6.45, 7) is 3.40. The summed E-state index contributed by atoms with van der Waals surface area (Å²) in [6, 6.07) is 0. The van der Waals surface area contributed by atoms with Crippen molar-refractivity contribution in [2.24, 2.45) is 12.2 Å². The quantitative estimate of drug-likeness (QED) is 0.845. The molecule has 1 unspecified atom stereocenters. The molecule has 2 aliphatic rings. The Morgan fingerprint density at radius 1 is 1.38 bits per heavy atom. The largest absolute Gasteiger partial charge is 0.389 e. The molecule has 1 fully saturated rings. The monoisotopic (exact) mass is 316 g/mol. The van der Waals surface area contributed by atoms with Crippen molar-refractivity contribution in [3.8, 4) is 0 Å². The summed E-state index contributed by atoms with van der Waals surface area (Å²) < 4.78 is 39.4. The number of hydrogen-bond acceptors (Lipinski definition) is 6. The first-order valence-corrected chi connectivity index (χ1v) is 8.29. The fourth-order valence-corrected chi connectivity index (χ4v) is 3.66. The molecule has 1 aliphatic heterocycles. The van der Waals surface area contributed by atoms with Crippen molar-refractivity contribution in [3.05, 3.63) is 11.4 Å². The maximum absolute atomic E-state index is 14.6. The summed E-state index contributed by atoms with van der Waals surface area (Å²) in [6.07, 6.45) is 1.82. The lowest BCUT2D eigenvalue weighted by Crippen LogP contribution is -2.25. The molecule has 0 amide bonds. The van der Waals surface area contributed by atoms with Crippen LogP contribution in [0.25, 0.3) is 0 Å². The fraction of sp³-hybridized carbons (Fsp3) is 0.750. The Morgan fingerprint density at radius 2 is 2.05 bits per heavy atom. The van der Waals surface area contributed by atoms with Crippen LogP contribution in [0, 0.1) is 0 Å².